The highest BCUT2D eigenvalue weighted by atomic mass is 32.2. The summed E-state index contributed by atoms with van der Waals surface area (Å²) < 4.78 is 34.0. The predicted molar refractivity (Wildman–Crippen MR) is 136 cm³/mol. The number of rotatable bonds is 7. The molecule has 0 radical (unpaired) electrons. The number of ether oxygens (including phenoxy) is 1. The van der Waals surface area contributed by atoms with Gasteiger partial charge < -0.3 is 4.74 Å². The molecule has 1 aliphatic heterocycles. The lowest BCUT2D eigenvalue weighted by atomic mass is 9.86. The van der Waals surface area contributed by atoms with Crippen molar-refractivity contribution in [3.05, 3.63) is 81.0 Å². The van der Waals surface area contributed by atoms with Gasteiger partial charge in [-0.05, 0) is 79.9 Å². The minimum atomic E-state index is -4.03. The number of nitrogens with one attached hydrogen (secondary N) is 1. The van der Waals surface area contributed by atoms with E-state index < -0.39 is 27.9 Å². The van der Waals surface area contributed by atoms with Gasteiger partial charge in [0.05, 0.1) is 12.0 Å². The van der Waals surface area contributed by atoms with E-state index >= 15 is 0 Å². The van der Waals surface area contributed by atoms with Crippen molar-refractivity contribution in [3.8, 4) is 5.75 Å². The third-order valence-electron chi connectivity index (χ3n) is 6.50. The lowest BCUT2D eigenvalue weighted by molar-refractivity contribution is -0.134. The third-order valence-corrected chi connectivity index (χ3v) is 9.39. The molecule has 7 nitrogen and oxygen atoms in total. The zero-order valence-electron chi connectivity index (χ0n) is 20.0. The quantitative estimate of drug-likeness (QED) is 0.364. The molecule has 35 heavy (non-hydrogen) atoms. The Bertz CT molecular complexity index is 1280. The van der Waals surface area contributed by atoms with E-state index in [9.17, 15) is 18.4 Å². The zero-order chi connectivity index (χ0) is 25.2. The number of aryl methyl sites for hydroxylation is 3. The minimum Gasteiger partial charge on any atom is -0.497 e. The van der Waals surface area contributed by atoms with Crippen LogP contribution >= 0.6 is 11.3 Å². The van der Waals surface area contributed by atoms with Gasteiger partial charge >= 0.3 is 0 Å². The number of hydrogen-bond acceptors (Lipinski definition) is 6. The maximum Gasteiger partial charge on any atom is 0.262 e. The SMILES string of the molecule is COc1ccc(S(=O)(=O)N2CCc3sccc3C(CCc3cc(C)cc(C)c3)C2C(=O)NO)cc1. The molecular formula is C26H30N2O5S2. The van der Waals surface area contributed by atoms with E-state index in [1.165, 1.54) is 23.5 Å². The second-order valence-corrected chi connectivity index (χ2v) is 11.8. The van der Waals surface area contributed by atoms with Gasteiger partial charge in [-0.1, -0.05) is 29.3 Å². The molecule has 2 aromatic carbocycles. The fraction of sp³-hybridized carbons (Fsp3) is 0.346. The number of fused-ring (bicyclic) bond motifs is 1. The first kappa shape index (κ1) is 25.4. The average Bonchev–Trinajstić information content (AvgIpc) is 3.24. The summed E-state index contributed by atoms with van der Waals surface area (Å²) in [6, 6.07) is 13.4. The fourth-order valence-electron chi connectivity index (χ4n) is 4.99. The van der Waals surface area contributed by atoms with Crippen LogP contribution in [-0.2, 0) is 27.7 Å². The molecule has 2 N–H and O–H groups in total. The molecule has 1 aromatic heterocycles. The Hall–Kier alpha value is -2.72. The topological polar surface area (TPSA) is 95.9 Å². The van der Waals surface area contributed by atoms with E-state index in [-0.39, 0.29) is 11.4 Å². The predicted octanol–water partition coefficient (Wildman–Crippen LogP) is 4.21. The molecule has 186 valence electrons. The van der Waals surface area contributed by atoms with Crippen LogP contribution < -0.4 is 10.2 Å². The van der Waals surface area contributed by atoms with Crippen molar-refractivity contribution in [1.82, 2.24) is 9.79 Å². The first-order chi connectivity index (χ1) is 16.7. The molecule has 0 saturated carbocycles. The van der Waals surface area contributed by atoms with Crippen LogP contribution in [-0.4, -0.2) is 43.5 Å². The largest absolute Gasteiger partial charge is 0.497 e. The molecule has 1 amide bonds. The molecule has 2 heterocycles. The molecule has 0 saturated heterocycles. The van der Waals surface area contributed by atoms with Crippen LogP contribution in [0.3, 0.4) is 0 Å². The zero-order valence-corrected chi connectivity index (χ0v) is 21.7. The summed E-state index contributed by atoms with van der Waals surface area (Å²) >= 11 is 1.57. The van der Waals surface area contributed by atoms with Gasteiger partial charge in [0.25, 0.3) is 5.91 Å². The van der Waals surface area contributed by atoms with Crippen molar-refractivity contribution in [3.63, 3.8) is 0 Å². The molecular weight excluding hydrogens is 484 g/mol. The molecule has 3 aromatic rings. The van der Waals surface area contributed by atoms with Gasteiger partial charge in [-0.25, -0.2) is 13.9 Å². The molecule has 0 aliphatic carbocycles. The highest BCUT2D eigenvalue weighted by molar-refractivity contribution is 7.89. The van der Waals surface area contributed by atoms with Crippen molar-refractivity contribution in [2.24, 2.45) is 0 Å². The molecule has 0 bridgehead atoms. The van der Waals surface area contributed by atoms with E-state index in [1.807, 2.05) is 25.3 Å². The van der Waals surface area contributed by atoms with Gasteiger partial charge in [0.2, 0.25) is 10.0 Å². The number of hydroxylamine groups is 1. The normalized spacial score (nSPS) is 18.5. The number of methoxy groups -OCH3 is 1. The van der Waals surface area contributed by atoms with E-state index in [1.54, 1.807) is 28.9 Å². The minimum absolute atomic E-state index is 0.0763. The van der Waals surface area contributed by atoms with Crippen molar-refractivity contribution >= 4 is 27.3 Å². The number of carbonyl (C=O) groups is 1. The Morgan fingerprint density at radius 2 is 1.83 bits per heavy atom. The standard InChI is InChI=1S/C26H30N2O5S2/c1-17-14-18(2)16-19(15-17)4-9-23-22-11-13-34-24(22)10-12-28(25(23)26(29)27-30)35(31,32)21-7-5-20(33-3)6-8-21/h5-8,11,13-16,23,25,30H,4,9-10,12H2,1-3H3,(H,27,29). The fourth-order valence-corrected chi connectivity index (χ4v) is 7.55. The summed E-state index contributed by atoms with van der Waals surface area (Å²) in [6.07, 6.45) is 1.73. The van der Waals surface area contributed by atoms with Crippen molar-refractivity contribution in [1.29, 1.82) is 0 Å². The Morgan fingerprint density at radius 3 is 2.46 bits per heavy atom. The van der Waals surface area contributed by atoms with Crippen LogP contribution in [0.15, 0.2) is 58.8 Å². The molecule has 0 fully saturated rings. The van der Waals surface area contributed by atoms with Gasteiger partial charge in [-0.2, -0.15) is 4.31 Å². The van der Waals surface area contributed by atoms with Crippen LogP contribution in [0.5, 0.6) is 5.75 Å². The number of hydrogen-bond donors (Lipinski definition) is 2. The number of amides is 1. The van der Waals surface area contributed by atoms with Crippen molar-refractivity contribution in [2.45, 2.75) is 50.0 Å². The number of sulfonamides is 1. The van der Waals surface area contributed by atoms with E-state index in [0.29, 0.717) is 25.0 Å². The van der Waals surface area contributed by atoms with E-state index in [2.05, 4.69) is 18.2 Å². The van der Waals surface area contributed by atoms with Gasteiger partial charge in [-0.15, -0.1) is 11.3 Å². The lowest BCUT2D eigenvalue weighted by Gasteiger charge is -2.33. The Morgan fingerprint density at radius 1 is 1.14 bits per heavy atom. The van der Waals surface area contributed by atoms with Crippen molar-refractivity contribution in [2.75, 3.05) is 13.7 Å². The number of nitrogens with zero attached hydrogens (tertiary/aromatic N) is 1. The second-order valence-electron chi connectivity index (χ2n) is 8.90. The van der Waals surface area contributed by atoms with Crippen molar-refractivity contribution < 1.29 is 23.2 Å². The number of benzene rings is 2. The summed E-state index contributed by atoms with van der Waals surface area (Å²) in [5.41, 5.74) is 6.17. The van der Waals surface area contributed by atoms with E-state index in [0.717, 1.165) is 27.1 Å². The molecule has 2 unspecified atom stereocenters. The second kappa shape index (κ2) is 10.5. The van der Waals surface area contributed by atoms with Crippen LogP contribution in [0.2, 0.25) is 0 Å². The smallest absolute Gasteiger partial charge is 0.262 e. The molecule has 9 heteroatoms. The lowest BCUT2D eigenvalue weighted by Crippen LogP contribution is -2.51. The van der Waals surface area contributed by atoms with Gasteiger partial charge in [0.1, 0.15) is 11.8 Å². The molecule has 4 rings (SSSR count). The monoisotopic (exact) mass is 514 g/mol. The first-order valence-corrected chi connectivity index (χ1v) is 13.8. The summed E-state index contributed by atoms with van der Waals surface area (Å²) in [5, 5.41) is 11.6. The highest BCUT2D eigenvalue weighted by Gasteiger charge is 2.44. The molecule has 0 spiro atoms. The average molecular weight is 515 g/mol. The summed E-state index contributed by atoms with van der Waals surface area (Å²) in [5.74, 6) is -0.607. The summed E-state index contributed by atoms with van der Waals surface area (Å²) in [7, 11) is -2.52. The van der Waals surface area contributed by atoms with Crippen LogP contribution in [0.4, 0.5) is 0 Å². The highest BCUT2D eigenvalue weighted by Crippen LogP contribution is 2.39. The van der Waals surface area contributed by atoms with Crippen LogP contribution in [0.25, 0.3) is 0 Å². The van der Waals surface area contributed by atoms with Crippen LogP contribution in [0.1, 0.15) is 39.5 Å². The Balaban J connectivity index is 1.75. The van der Waals surface area contributed by atoms with E-state index in [4.69, 9.17) is 4.74 Å². The number of carbonyl (C=O) groups excluding carboxylic acids is 1. The third kappa shape index (κ3) is 5.28. The Kier molecular flexibility index (Phi) is 7.61. The maximum atomic E-state index is 13.8. The van der Waals surface area contributed by atoms with Gasteiger partial charge in [0, 0.05) is 17.3 Å². The molecule has 1 aliphatic rings. The van der Waals surface area contributed by atoms with Crippen LogP contribution in [0, 0.1) is 13.8 Å². The van der Waals surface area contributed by atoms with Gasteiger partial charge in [-0.3, -0.25) is 10.0 Å². The first-order valence-electron chi connectivity index (χ1n) is 11.5. The number of thiophene rings is 1. The summed E-state index contributed by atoms with van der Waals surface area (Å²) in [6.45, 7) is 4.23. The molecule has 2 atom stereocenters. The van der Waals surface area contributed by atoms with Gasteiger partial charge in [0.15, 0.2) is 0 Å². The maximum absolute atomic E-state index is 13.8. The summed E-state index contributed by atoms with van der Waals surface area (Å²) in [4.78, 5) is 14.2. The Labute approximate surface area is 210 Å².